The molecule has 2 aliphatic carbocycles. The highest BCUT2D eigenvalue weighted by Gasteiger charge is 2.30. The van der Waals surface area contributed by atoms with Crippen LogP contribution in [0.15, 0.2) is 18.2 Å². The van der Waals surface area contributed by atoms with Crippen LogP contribution in [0, 0.1) is 0 Å². The van der Waals surface area contributed by atoms with Crippen LogP contribution in [0.5, 0.6) is 0 Å². The van der Waals surface area contributed by atoms with Gasteiger partial charge in [0.25, 0.3) is 0 Å². The zero-order valence-electron chi connectivity index (χ0n) is 24.2. The lowest BCUT2D eigenvalue weighted by molar-refractivity contribution is 0.0513. The molecule has 40 heavy (non-hydrogen) atoms. The molecule has 210 valence electrons. The van der Waals surface area contributed by atoms with Crippen molar-refractivity contribution < 1.29 is 19.1 Å². The standard InChI is InChI=1S/C33H39N3O4/c1-5-12-24-28(32(37)39-7-3)20-14-9-16-22(20)30(35-24)26-18-11-19-27(34-26)31-23-17-10-15-21(23)29(33(38)40-8-4)25(36-31)13-6-2/h11,18-19H,5-10,12-17H2,1-4H3. The van der Waals surface area contributed by atoms with E-state index in [2.05, 4.69) is 13.8 Å². The number of ether oxygens (including phenoxy) is 2. The number of aromatic nitrogens is 3. The third-order valence-electron chi connectivity index (χ3n) is 7.85. The van der Waals surface area contributed by atoms with Crippen LogP contribution in [0.1, 0.15) is 108 Å². The summed E-state index contributed by atoms with van der Waals surface area (Å²) in [6.07, 6.45) is 8.57. The predicted molar refractivity (Wildman–Crippen MR) is 155 cm³/mol. The van der Waals surface area contributed by atoms with Crippen LogP contribution >= 0.6 is 0 Å². The van der Waals surface area contributed by atoms with Gasteiger partial charge < -0.3 is 9.47 Å². The molecule has 0 saturated heterocycles. The fourth-order valence-electron chi connectivity index (χ4n) is 6.27. The van der Waals surface area contributed by atoms with Gasteiger partial charge in [-0.1, -0.05) is 32.8 Å². The number of esters is 2. The summed E-state index contributed by atoms with van der Waals surface area (Å²) >= 11 is 0. The Bertz CT molecular complexity index is 1340. The van der Waals surface area contributed by atoms with Crippen molar-refractivity contribution in [3.63, 3.8) is 0 Å². The second-order valence-corrected chi connectivity index (χ2v) is 10.5. The highest BCUT2D eigenvalue weighted by molar-refractivity contribution is 5.95. The minimum Gasteiger partial charge on any atom is -0.462 e. The first-order chi connectivity index (χ1) is 19.5. The Morgan fingerprint density at radius 2 is 1.07 bits per heavy atom. The molecule has 0 aliphatic heterocycles. The first-order valence-corrected chi connectivity index (χ1v) is 14.9. The Morgan fingerprint density at radius 3 is 1.48 bits per heavy atom. The van der Waals surface area contributed by atoms with E-state index in [1.54, 1.807) is 0 Å². The van der Waals surface area contributed by atoms with Gasteiger partial charge in [-0.05, 0) is 99.6 Å². The maximum absolute atomic E-state index is 13.0. The number of carbonyl (C=O) groups excluding carboxylic acids is 2. The normalized spacial score (nSPS) is 13.7. The molecule has 3 heterocycles. The van der Waals surface area contributed by atoms with Gasteiger partial charge in [-0.3, -0.25) is 0 Å². The minimum absolute atomic E-state index is 0.269. The summed E-state index contributed by atoms with van der Waals surface area (Å²) in [7, 11) is 0. The van der Waals surface area contributed by atoms with Crippen molar-refractivity contribution in [2.24, 2.45) is 0 Å². The van der Waals surface area contributed by atoms with Gasteiger partial charge >= 0.3 is 11.9 Å². The monoisotopic (exact) mass is 541 g/mol. The van der Waals surface area contributed by atoms with Crippen molar-refractivity contribution in [1.29, 1.82) is 0 Å². The summed E-state index contributed by atoms with van der Waals surface area (Å²) in [5, 5.41) is 0. The van der Waals surface area contributed by atoms with E-state index >= 15 is 0 Å². The summed E-state index contributed by atoms with van der Waals surface area (Å²) in [5.74, 6) is -0.537. The lowest BCUT2D eigenvalue weighted by Crippen LogP contribution is -2.15. The number of carbonyl (C=O) groups is 2. The van der Waals surface area contributed by atoms with E-state index in [9.17, 15) is 9.59 Å². The summed E-state index contributed by atoms with van der Waals surface area (Å²) in [6.45, 7) is 8.56. The van der Waals surface area contributed by atoms with Gasteiger partial charge in [-0.15, -0.1) is 0 Å². The molecule has 0 radical (unpaired) electrons. The Morgan fingerprint density at radius 1 is 0.650 bits per heavy atom. The van der Waals surface area contributed by atoms with Crippen LogP contribution < -0.4 is 0 Å². The van der Waals surface area contributed by atoms with E-state index in [4.69, 9.17) is 24.4 Å². The van der Waals surface area contributed by atoms with Crippen molar-refractivity contribution in [2.45, 2.75) is 91.9 Å². The second kappa shape index (κ2) is 12.3. The molecule has 5 rings (SSSR count). The van der Waals surface area contributed by atoms with Gasteiger partial charge in [-0.2, -0.15) is 0 Å². The number of hydrogen-bond acceptors (Lipinski definition) is 7. The largest absolute Gasteiger partial charge is 0.462 e. The van der Waals surface area contributed by atoms with Crippen molar-refractivity contribution in [3.8, 4) is 22.8 Å². The quantitative estimate of drug-likeness (QED) is 0.273. The number of fused-ring (bicyclic) bond motifs is 2. The predicted octanol–water partition coefficient (Wildman–Crippen LogP) is 6.44. The molecule has 0 atom stereocenters. The molecule has 0 fully saturated rings. The average Bonchev–Trinajstić information content (AvgIpc) is 3.63. The van der Waals surface area contributed by atoms with Crippen LogP contribution in [-0.4, -0.2) is 40.1 Å². The third-order valence-corrected chi connectivity index (χ3v) is 7.85. The SMILES string of the molecule is CCCc1nc(-c2cccc(-c3nc(CCC)c(C(=O)OCC)c4c3CCC4)n2)c2c(c1C(=O)OCC)CCC2. The molecule has 7 nitrogen and oxygen atoms in total. The van der Waals surface area contributed by atoms with E-state index < -0.39 is 0 Å². The van der Waals surface area contributed by atoms with Gasteiger partial charge in [0.2, 0.25) is 0 Å². The molecular weight excluding hydrogens is 502 g/mol. The Labute approximate surface area is 236 Å². The van der Waals surface area contributed by atoms with Crippen LogP contribution in [-0.2, 0) is 48.0 Å². The Kier molecular flexibility index (Phi) is 8.57. The Balaban J connectivity index is 1.65. The molecule has 0 unspecified atom stereocenters. The molecule has 0 saturated carbocycles. The highest BCUT2D eigenvalue weighted by Crippen LogP contribution is 2.38. The number of hydrogen-bond donors (Lipinski definition) is 0. The lowest BCUT2D eigenvalue weighted by Gasteiger charge is -2.18. The second-order valence-electron chi connectivity index (χ2n) is 10.5. The van der Waals surface area contributed by atoms with Gasteiger partial charge in [0.05, 0.1) is 58.5 Å². The van der Waals surface area contributed by atoms with Gasteiger partial charge in [-0.25, -0.2) is 24.5 Å². The van der Waals surface area contributed by atoms with Gasteiger partial charge in [0.15, 0.2) is 0 Å². The van der Waals surface area contributed by atoms with Gasteiger partial charge in [0.1, 0.15) is 0 Å². The topological polar surface area (TPSA) is 91.3 Å². The van der Waals surface area contributed by atoms with Crippen molar-refractivity contribution in [1.82, 2.24) is 15.0 Å². The first kappa shape index (κ1) is 27.9. The van der Waals surface area contributed by atoms with Crippen molar-refractivity contribution in [3.05, 3.63) is 63.0 Å². The lowest BCUT2D eigenvalue weighted by atomic mass is 9.96. The molecule has 0 aromatic carbocycles. The van der Waals surface area contributed by atoms with Gasteiger partial charge in [0, 0.05) is 0 Å². The van der Waals surface area contributed by atoms with Crippen LogP contribution in [0.25, 0.3) is 22.8 Å². The zero-order chi connectivity index (χ0) is 28.2. The maximum Gasteiger partial charge on any atom is 0.340 e. The summed E-state index contributed by atoms with van der Waals surface area (Å²) < 4.78 is 10.9. The molecule has 3 aromatic rings. The average molecular weight is 542 g/mol. The maximum atomic E-state index is 13.0. The third kappa shape index (κ3) is 5.14. The number of nitrogens with zero attached hydrogens (tertiary/aromatic N) is 3. The number of pyridine rings is 3. The van der Waals surface area contributed by atoms with Crippen LogP contribution in [0.2, 0.25) is 0 Å². The minimum atomic E-state index is -0.269. The first-order valence-electron chi connectivity index (χ1n) is 14.9. The fraction of sp³-hybridized carbons (Fsp3) is 0.485. The van der Waals surface area contributed by atoms with E-state index in [0.29, 0.717) is 37.2 Å². The molecule has 0 amide bonds. The summed E-state index contributed by atoms with van der Waals surface area (Å²) in [5.41, 5.74) is 10.6. The molecule has 0 N–H and O–H groups in total. The number of rotatable bonds is 10. The smallest absolute Gasteiger partial charge is 0.340 e. The van der Waals surface area contributed by atoms with E-state index in [1.165, 1.54) is 0 Å². The molecule has 7 heteroatoms. The summed E-state index contributed by atoms with van der Waals surface area (Å²) in [6, 6.07) is 6.02. The fourth-order valence-corrected chi connectivity index (χ4v) is 6.27. The Hall–Kier alpha value is -3.61. The summed E-state index contributed by atoms with van der Waals surface area (Å²) in [4.78, 5) is 41.2. The van der Waals surface area contributed by atoms with E-state index in [-0.39, 0.29) is 11.9 Å². The molecule has 3 aromatic heterocycles. The highest BCUT2D eigenvalue weighted by atomic mass is 16.5. The van der Waals surface area contributed by atoms with Crippen LogP contribution in [0.3, 0.4) is 0 Å². The zero-order valence-corrected chi connectivity index (χ0v) is 24.2. The van der Waals surface area contributed by atoms with Crippen molar-refractivity contribution >= 4 is 11.9 Å². The molecule has 0 spiro atoms. The van der Waals surface area contributed by atoms with E-state index in [0.717, 1.165) is 108 Å². The number of aryl methyl sites for hydroxylation is 2. The molecule has 0 bridgehead atoms. The van der Waals surface area contributed by atoms with Crippen LogP contribution in [0.4, 0.5) is 0 Å². The molecule has 2 aliphatic rings. The van der Waals surface area contributed by atoms with Crippen molar-refractivity contribution in [2.75, 3.05) is 13.2 Å². The molecular formula is C33H39N3O4. The van der Waals surface area contributed by atoms with E-state index in [1.807, 2.05) is 32.0 Å².